The number of thioether (sulfide) groups is 1. The quantitative estimate of drug-likeness (QED) is 0.527. The zero-order valence-corrected chi connectivity index (χ0v) is 17.8. The summed E-state index contributed by atoms with van der Waals surface area (Å²) in [7, 11) is 0. The highest BCUT2D eigenvalue weighted by atomic mass is 32.2. The number of nitrogen functional groups attached to an aromatic ring is 1. The van der Waals surface area contributed by atoms with Gasteiger partial charge in [0.25, 0.3) is 0 Å². The molecule has 1 aliphatic rings. The minimum atomic E-state index is -0.457. The number of amides is 1. The summed E-state index contributed by atoms with van der Waals surface area (Å²) in [5.74, 6) is 7.09. The molecule has 9 heteroatoms. The fourth-order valence-corrected chi connectivity index (χ4v) is 4.29. The molecule has 2 aromatic rings. The molecule has 29 heavy (non-hydrogen) atoms. The van der Waals surface area contributed by atoms with Gasteiger partial charge >= 0.3 is 0 Å². The molecule has 4 atom stereocenters. The molecule has 158 valence electrons. The number of para-hydroxylation sites is 1. The molecule has 7 nitrogen and oxygen atoms in total. The smallest absolute Gasteiger partial charge is 0.233 e. The molecule has 0 unspecified atom stereocenters. The first-order chi connectivity index (χ1) is 13.9. The van der Waals surface area contributed by atoms with Gasteiger partial charge in [-0.3, -0.25) is 4.79 Å². The van der Waals surface area contributed by atoms with E-state index in [0.29, 0.717) is 22.8 Å². The van der Waals surface area contributed by atoms with Crippen molar-refractivity contribution in [3.63, 3.8) is 0 Å². The van der Waals surface area contributed by atoms with Crippen LogP contribution in [0.2, 0.25) is 0 Å². The number of nitrogens with zero attached hydrogens (tertiary/aromatic N) is 3. The van der Waals surface area contributed by atoms with Crippen LogP contribution in [0.15, 0.2) is 29.4 Å². The fraction of sp³-hybridized carbons (Fsp3) is 0.550. The van der Waals surface area contributed by atoms with Gasteiger partial charge in [-0.25, -0.2) is 9.07 Å². The summed E-state index contributed by atoms with van der Waals surface area (Å²) in [5, 5.41) is 11.3. The van der Waals surface area contributed by atoms with Crippen LogP contribution in [0, 0.1) is 17.7 Å². The molecule has 1 heterocycles. The van der Waals surface area contributed by atoms with Gasteiger partial charge in [0.2, 0.25) is 11.1 Å². The normalized spacial score (nSPS) is 22.8. The molecular weight excluding hydrogens is 393 g/mol. The van der Waals surface area contributed by atoms with Gasteiger partial charge in [0, 0.05) is 6.04 Å². The number of benzene rings is 1. The van der Waals surface area contributed by atoms with Gasteiger partial charge in [0.15, 0.2) is 17.4 Å². The van der Waals surface area contributed by atoms with E-state index < -0.39 is 5.82 Å². The van der Waals surface area contributed by atoms with E-state index in [1.54, 1.807) is 12.1 Å². The first kappa shape index (κ1) is 21.4. The summed E-state index contributed by atoms with van der Waals surface area (Å²) in [6.45, 7) is 6.23. The Morgan fingerprint density at radius 2 is 2.14 bits per heavy atom. The number of carbonyl (C=O) groups excluding carboxylic acids is 1. The number of nitrogens with one attached hydrogen (secondary N) is 1. The maximum Gasteiger partial charge on any atom is 0.233 e. The van der Waals surface area contributed by atoms with Crippen molar-refractivity contribution in [1.82, 2.24) is 20.2 Å². The maximum absolute atomic E-state index is 13.7. The van der Waals surface area contributed by atoms with Crippen molar-refractivity contribution in [2.75, 3.05) is 5.84 Å². The number of hydrogen-bond donors (Lipinski definition) is 2. The van der Waals surface area contributed by atoms with Gasteiger partial charge in [-0.15, -0.1) is 10.2 Å². The monoisotopic (exact) mass is 421 g/mol. The molecule has 1 aromatic heterocycles. The Morgan fingerprint density at radius 1 is 1.38 bits per heavy atom. The Labute approximate surface area is 174 Å². The van der Waals surface area contributed by atoms with E-state index in [2.05, 4.69) is 29.4 Å². The van der Waals surface area contributed by atoms with Crippen LogP contribution < -0.4 is 15.9 Å². The average Bonchev–Trinajstić information content (AvgIpc) is 3.04. The molecule has 3 N–H and O–H groups in total. The SMILES string of the molecule is C[C@H]1[C@@H](C)CCC[C@H]1NC(=O)[C@H](C)Sc1nnc(COc2ccccc2F)n1N. The minimum Gasteiger partial charge on any atom is -0.482 e. The van der Waals surface area contributed by atoms with E-state index in [1.807, 2.05) is 6.92 Å². The Kier molecular flexibility index (Phi) is 7.00. The molecule has 0 spiro atoms. The number of rotatable bonds is 7. The molecule has 0 aliphatic heterocycles. The van der Waals surface area contributed by atoms with Crippen molar-refractivity contribution >= 4 is 17.7 Å². The van der Waals surface area contributed by atoms with E-state index in [1.165, 1.54) is 35.0 Å². The van der Waals surface area contributed by atoms with Crippen molar-refractivity contribution in [2.45, 2.75) is 63.1 Å². The van der Waals surface area contributed by atoms with Gasteiger partial charge in [0.1, 0.15) is 6.61 Å². The second-order valence-electron chi connectivity index (χ2n) is 7.63. The summed E-state index contributed by atoms with van der Waals surface area (Å²) in [6, 6.07) is 6.32. The predicted molar refractivity (Wildman–Crippen MR) is 110 cm³/mol. The lowest BCUT2D eigenvalue weighted by molar-refractivity contribution is -0.121. The highest BCUT2D eigenvalue weighted by molar-refractivity contribution is 8.00. The standard InChI is InChI=1S/C20H28FN5O2S/c1-12-7-6-9-16(13(12)2)23-19(27)14(3)29-20-25-24-18(26(20)22)11-28-17-10-5-4-8-15(17)21/h4-5,8,10,12-14,16H,6-7,9,11,22H2,1-3H3,(H,23,27)/t12-,13-,14-,16+/m0/s1. The zero-order valence-electron chi connectivity index (χ0n) is 17.0. The van der Waals surface area contributed by atoms with Gasteiger partial charge in [-0.05, 0) is 37.3 Å². The Balaban J connectivity index is 1.56. The second-order valence-corrected chi connectivity index (χ2v) is 8.94. The third-order valence-electron chi connectivity index (χ3n) is 5.61. The van der Waals surface area contributed by atoms with Crippen molar-refractivity contribution < 1.29 is 13.9 Å². The molecule has 1 aromatic carbocycles. The largest absolute Gasteiger partial charge is 0.482 e. The molecule has 0 saturated heterocycles. The number of halogens is 1. The van der Waals surface area contributed by atoms with Crippen LogP contribution in [0.5, 0.6) is 5.75 Å². The fourth-order valence-electron chi connectivity index (χ4n) is 3.49. The van der Waals surface area contributed by atoms with E-state index in [4.69, 9.17) is 10.6 Å². The molecule has 0 radical (unpaired) electrons. The minimum absolute atomic E-state index is 0.0248. The molecule has 1 fully saturated rings. The Bertz CT molecular complexity index is 846. The lowest BCUT2D eigenvalue weighted by Gasteiger charge is -2.35. The molecule has 1 aliphatic carbocycles. The first-order valence-corrected chi connectivity index (χ1v) is 10.8. The summed E-state index contributed by atoms with van der Waals surface area (Å²) in [4.78, 5) is 12.6. The van der Waals surface area contributed by atoms with Crippen LogP contribution in [-0.2, 0) is 11.4 Å². The van der Waals surface area contributed by atoms with E-state index in [-0.39, 0.29) is 29.6 Å². The highest BCUT2D eigenvalue weighted by Crippen LogP contribution is 2.30. The van der Waals surface area contributed by atoms with Gasteiger partial charge in [0.05, 0.1) is 5.25 Å². The highest BCUT2D eigenvalue weighted by Gasteiger charge is 2.30. The molecular formula is C20H28FN5O2S. The summed E-state index contributed by atoms with van der Waals surface area (Å²) in [6.07, 6.45) is 3.37. The van der Waals surface area contributed by atoms with Gasteiger partial charge in [-0.1, -0.05) is 50.6 Å². The summed E-state index contributed by atoms with van der Waals surface area (Å²) >= 11 is 1.24. The average molecular weight is 422 g/mol. The molecule has 3 rings (SSSR count). The molecule has 1 amide bonds. The van der Waals surface area contributed by atoms with E-state index >= 15 is 0 Å². The Morgan fingerprint density at radius 3 is 2.90 bits per heavy atom. The predicted octanol–water partition coefficient (Wildman–Crippen LogP) is 3.13. The molecule has 1 saturated carbocycles. The summed E-state index contributed by atoms with van der Waals surface area (Å²) in [5.41, 5.74) is 0. The number of aromatic nitrogens is 3. The lowest BCUT2D eigenvalue weighted by Crippen LogP contribution is -2.46. The lowest BCUT2D eigenvalue weighted by atomic mass is 9.78. The van der Waals surface area contributed by atoms with Crippen LogP contribution >= 0.6 is 11.8 Å². The number of nitrogens with two attached hydrogens (primary N) is 1. The Hall–Kier alpha value is -2.29. The van der Waals surface area contributed by atoms with Crippen LogP contribution in [0.1, 0.15) is 45.9 Å². The van der Waals surface area contributed by atoms with Crippen LogP contribution in [-0.4, -0.2) is 32.1 Å². The zero-order chi connectivity index (χ0) is 21.0. The third-order valence-corrected chi connectivity index (χ3v) is 6.67. The first-order valence-electron chi connectivity index (χ1n) is 9.90. The topological polar surface area (TPSA) is 95.1 Å². The number of carbonyl (C=O) groups is 1. The van der Waals surface area contributed by atoms with Gasteiger partial charge < -0.3 is 15.9 Å². The summed E-state index contributed by atoms with van der Waals surface area (Å²) < 4.78 is 20.4. The second kappa shape index (κ2) is 9.47. The molecule has 0 bridgehead atoms. The van der Waals surface area contributed by atoms with Crippen molar-refractivity contribution in [3.05, 3.63) is 35.9 Å². The number of hydrogen-bond acceptors (Lipinski definition) is 6. The van der Waals surface area contributed by atoms with Crippen molar-refractivity contribution in [3.8, 4) is 5.75 Å². The number of ether oxygens (including phenoxy) is 1. The van der Waals surface area contributed by atoms with Gasteiger partial charge in [-0.2, -0.15) is 0 Å². The van der Waals surface area contributed by atoms with Crippen LogP contribution in [0.3, 0.4) is 0 Å². The van der Waals surface area contributed by atoms with E-state index in [9.17, 15) is 9.18 Å². The van der Waals surface area contributed by atoms with E-state index in [0.717, 1.165) is 12.8 Å². The van der Waals surface area contributed by atoms with Crippen molar-refractivity contribution in [2.24, 2.45) is 11.8 Å². The maximum atomic E-state index is 13.7. The third kappa shape index (κ3) is 5.20. The van der Waals surface area contributed by atoms with Crippen molar-refractivity contribution in [1.29, 1.82) is 0 Å². The van der Waals surface area contributed by atoms with Crippen LogP contribution in [0.25, 0.3) is 0 Å². The van der Waals surface area contributed by atoms with Crippen LogP contribution in [0.4, 0.5) is 4.39 Å².